The SMILES string of the molecule is CCN1Cc2c(Oc3ccc(S(C)(=O)=O)cc3)cc(C(=O)Nc3ccn(C)n3)cc2C1=O. The summed E-state index contributed by atoms with van der Waals surface area (Å²) in [5.74, 6) is 0.548. The van der Waals surface area contributed by atoms with Crippen LogP contribution < -0.4 is 10.1 Å². The molecular formula is C22H22N4O5S. The Labute approximate surface area is 185 Å². The smallest absolute Gasteiger partial charge is 0.257 e. The van der Waals surface area contributed by atoms with Crippen molar-refractivity contribution in [1.29, 1.82) is 0 Å². The first-order valence-electron chi connectivity index (χ1n) is 9.91. The van der Waals surface area contributed by atoms with Gasteiger partial charge in [-0.05, 0) is 43.3 Å². The largest absolute Gasteiger partial charge is 0.457 e. The summed E-state index contributed by atoms with van der Waals surface area (Å²) in [5.41, 5.74) is 1.34. The first kappa shape index (κ1) is 21.6. The van der Waals surface area contributed by atoms with E-state index in [1.54, 1.807) is 41.0 Å². The Balaban J connectivity index is 1.70. The summed E-state index contributed by atoms with van der Waals surface area (Å²) in [7, 11) is -1.59. The summed E-state index contributed by atoms with van der Waals surface area (Å²) in [6.07, 6.45) is 2.83. The van der Waals surface area contributed by atoms with Crippen LogP contribution in [0.3, 0.4) is 0 Å². The summed E-state index contributed by atoms with van der Waals surface area (Å²) in [4.78, 5) is 27.4. The van der Waals surface area contributed by atoms with E-state index in [4.69, 9.17) is 4.74 Å². The maximum absolute atomic E-state index is 12.8. The normalized spacial score (nSPS) is 13.2. The molecule has 2 aromatic carbocycles. The maximum atomic E-state index is 12.8. The quantitative estimate of drug-likeness (QED) is 0.613. The molecular weight excluding hydrogens is 432 g/mol. The van der Waals surface area contributed by atoms with Crippen LogP contribution in [-0.4, -0.2) is 47.7 Å². The number of aromatic nitrogens is 2. The number of hydrogen-bond donors (Lipinski definition) is 1. The van der Waals surface area contributed by atoms with Gasteiger partial charge in [0.2, 0.25) is 0 Å². The Morgan fingerprint density at radius 2 is 1.91 bits per heavy atom. The molecule has 1 aromatic heterocycles. The molecule has 2 amide bonds. The Morgan fingerprint density at radius 3 is 2.50 bits per heavy atom. The lowest BCUT2D eigenvalue weighted by molar-refractivity contribution is 0.0787. The van der Waals surface area contributed by atoms with Gasteiger partial charge in [0.25, 0.3) is 11.8 Å². The van der Waals surface area contributed by atoms with Crippen molar-refractivity contribution in [3.8, 4) is 11.5 Å². The van der Waals surface area contributed by atoms with Crippen molar-refractivity contribution >= 4 is 27.5 Å². The molecule has 0 bridgehead atoms. The van der Waals surface area contributed by atoms with Gasteiger partial charge < -0.3 is 15.0 Å². The van der Waals surface area contributed by atoms with Crippen LogP contribution in [-0.2, 0) is 23.4 Å². The van der Waals surface area contributed by atoms with Crippen molar-refractivity contribution in [3.63, 3.8) is 0 Å². The third-order valence-corrected chi connectivity index (χ3v) is 6.28. The zero-order valence-electron chi connectivity index (χ0n) is 17.8. The van der Waals surface area contributed by atoms with Crippen LogP contribution in [0.4, 0.5) is 5.82 Å². The first-order valence-corrected chi connectivity index (χ1v) is 11.8. The third kappa shape index (κ3) is 4.22. The van der Waals surface area contributed by atoms with Gasteiger partial charge in [-0.15, -0.1) is 0 Å². The minimum atomic E-state index is -3.33. The summed E-state index contributed by atoms with van der Waals surface area (Å²) in [6, 6.07) is 10.8. The highest BCUT2D eigenvalue weighted by Gasteiger charge is 2.31. The van der Waals surface area contributed by atoms with E-state index in [9.17, 15) is 18.0 Å². The van der Waals surface area contributed by atoms with E-state index in [-0.39, 0.29) is 16.4 Å². The minimum Gasteiger partial charge on any atom is -0.457 e. The second kappa shape index (κ2) is 8.12. The fourth-order valence-corrected chi connectivity index (χ4v) is 4.09. The molecule has 2 heterocycles. The maximum Gasteiger partial charge on any atom is 0.257 e. The van der Waals surface area contributed by atoms with Crippen molar-refractivity contribution in [2.45, 2.75) is 18.4 Å². The molecule has 10 heteroatoms. The molecule has 1 aliphatic heterocycles. The molecule has 0 fully saturated rings. The standard InChI is InChI=1S/C22H22N4O5S/c1-4-26-13-18-17(22(26)28)11-14(21(27)23-20-9-10-25(2)24-20)12-19(18)31-15-5-7-16(8-6-15)32(3,29)30/h5-12H,4,13H2,1-3H3,(H,23,24,27). The Hall–Kier alpha value is -3.66. The van der Waals surface area contributed by atoms with Gasteiger partial charge in [0.15, 0.2) is 15.7 Å². The number of nitrogens with zero attached hydrogens (tertiary/aromatic N) is 3. The number of nitrogens with one attached hydrogen (secondary N) is 1. The number of anilines is 1. The number of hydrogen-bond acceptors (Lipinski definition) is 6. The first-order chi connectivity index (χ1) is 15.2. The average molecular weight is 455 g/mol. The van der Waals surface area contributed by atoms with Crippen molar-refractivity contribution in [2.24, 2.45) is 7.05 Å². The molecule has 0 unspecified atom stereocenters. The number of benzene rings is 2. The number of aryl methyl sites for hydroxylation is 1. The Morgan fingerprint density at radius 1 is 1.19 bits per heavy atom. The number of carbonyl (C=O) groups excluding carboxylic acids is 2. The molecule has 0 saturated carbocycles. The lowest BCUT2D eigenvalue weighted by Crippen LogP contribution is -2.23. The highest BCUT2D eigenvalue weighted by Crippen LogP contribution is 2.35. The van der Waals surface area contributed by atoms with E-state index < -0.39 is 15.7 Å². The molecule has 166 valence electrons. The summed E-state index contributed by atoms with van der Waals surface area (Å²) >= 11 is 0. The fraction of sp³-hybridized carbons (Fsp3) is 0.227. The minimum absolute atomic E-state index is 0.172. The molecule has 0 saturated heterocycles. The third-order valence-electron chi connectivity index (χ3n) is 5.15. The molecule has 0 atom stereocenters. The number of sulfone groups is 1. The molecule has 4 rings (SSSR count). The van der Waals surface area contributed by atoms with Crippen LogP contribution in [0.5, 0.6) is 11.5 Å². The van der Waals surface area contributed by atoms with Gasteiger partial charge in [-0.25, -0.2) is 8.42 Å². The van der Waals surface area contributed by atoms with E-state index in [1.807, 2.05) is 6.92 Å². The number of amides is 2. The zero-order valence-corrected chi connectivity index (χ0v) is 18.6. The second-order valence-electron chi connectivity index (χ2n) is 7.49. The molecule has 0 spiro atoms. The predicted octanol–water partition coefficient (Wildman–Crippen LogP) is 2.84. The molecule has 32 heavy (non-hydrogen) atoms. The predicted molar refractivity (Wildman–Crippen MR) is 118 cm³/mol. The van der Waals surface area contributed by atoms with E-state index >= 15 is 0 Å². The number of ether oxygens (including phenoxy) is 1. The van der Waals surface area contributed by atoms with Gasteiger partial charge in [-0.1, -0.05) is 0 Å². The molecule has 0 radical (unpaired) electrons. The van der Waals surface area contributed by atoms with Gasteiger partial charge >= 0.3 is 0 Å². The Bertz CT molecular complexity index is 1310. The average Bonchev–Trinajstić information content (AvgIpc) is 3.30. The molecule has 1 N–H and O–H groups in total. The molecule has 3 aromatic rings. The van der Waals surface area contributed by atoms with Crippen LogP contribution in [0.15, 0.2) is 53.6 Å². The van der Waals surface area contributed by atoms with Crippen molar-refractivity contribution in [2.75, 3.05) is 18.1 Å². The fourth-order valence-electron chi connectivity index (χ4n) is 3.46. The summed E-state index contributed by atoms with van der Waals surface area (Å²) in [5, 5.41) is 6.84. The topological polar surface area (TPSA) is 111 Å². The lowest BCUT2D eigenvalue weighted by Gasteiger charge is -2.13. The molecule has 1 aliphatic rings. The summed E-state index contributed by atoms with van der Waals surface area (Å²) < 4.78 is 31.0. The second-order valence-corrected chi connectivity index (χ2v) is 9.51. The van der Waals surface area contributed by atoms with Crippen molar-refractivity contribution < 1.29 is 22.7 Å². The van der Waals surface area contributed by atoms with Crippen molar-refractivity contribution in [1.82, 2.24) is 14.7 Å². The zero-order chi connectivity index (χ0) is 23.0. The van der Waals surface area contributed by atoms with Gasteiger partial charge in [-0.3, -0.25) is 14.3 Å². The lowest BCUT2D eigenvalue weighted by atomic mass is 10.0. The number of rotatable bonds is 6. The number of carbonyl (C=O) groups is 2. The van der Waals surface area contributed by atoms with E-state index in [1.165, 1.54) is 24.3 Å². The molecule has 9 nitrogen and oxygen atoms in total. The van der Waals surface area contributed by atoms with Gasteiger partial charge in [0.05, 0.1) is 11.4 Å². The van der Waals surface area contributed by atoms with Crippen LogP contribution in [0, 0.1) is 0 Å². The van der Waals surface area contributed by atoms with Crippen molar-refractivity contribution in [3.05, 3.63) is 65.4 Å². The van der Waals surface area contributed by atoms with Gasteiger partial charge in [0.1, 0.15) is 11.5 Å². The Kier molecular flexibility index (Phi) is 5.47. The van der Waals surface area contributed by atoms with E-state index in [0.717, 1.165) is 6.26 Å². The summed E-state index contributed by atoms with van der Waals surface area (Å²) in [6.45, 7) is 2.76. The highest BCUT2D eigenvalue weighted by molar-refractivity contribution is 7.90. The van der Waals surface area contributed by atoms with Crippen LogP contribution in [0.1, 0.15) is 33.2 Å². The van der Waals surface area contributed by atoms with E-state index in [2.05, 4.69) is 10.4 Å². The highest BCUT2D eigenvalue weighted by atomic mass is 32.2. The monoisotopic (exact) mass is 454 g/mol. The number of fused-ring (bicyclic) bond motifs is 1. The van der Waals surface area contributed by atoms with E-state index in [0.29, 0.717) is 41.5 Å². The van der Waals surface area contributed by atoms with Crippen LogP contribution in [0.2, 0.25) is 0 Å². The van der Waals surface area contributed by atoms with Gasteiger partial charge in [0, 0.05) is 48.8 Å². The van der Waals surface area contributed by atoms with Gasteiger partial charge in [-0.2, -0.15) is 5.10 Å². The molecule has 0 aliphatic carbocycles. The van der Waals surface area contributed by atoms with Crippen LogP contribution in [0.25, 0.3) is 0 Å². The van der Waals surface area contributed by atoms with Crippen LogP contribution >= 0.6 is 0 Å².